The zero-order valence-electron chi connectivity index (χ0n) is 11.7. The fraction of sp³-hybridized carbons (Fsp3) is 0.400. The van der Waals surface area contributed by atoms with Gasteiger partial charge in [0.25, 0.3) is 0 Å². The molecular formula is C15H17Cl3N2. The van der Waals surface area contributed by atoms with E-state index in [1.165, 1.54) is 0 Å². The molecule has 5 heteroatoms. The number of fused-ring (bicyclic) bond motifs is 1. The van der Waals surface area contributed by atoms with E-state index in [1.807, 2.05) is 6.07 Å². The number of nitrogens with one attached hydrogen (secondary N) is 1. The average Bonchev–Trinajstić information content (AvgIpc) is 2.41. The van der Waals surface area contributed by atoms with Crippen molar-refractivity contribution in [3.05, 3.63) is 32.8 Å². The molecule has 0 saturated carbocycles. The number of pyridine rings is 1. The third-order valence-corrected chi connectivity index (χ3v) is 4.23. The highest BCUT2D eigenvalue weighted by Crippen LogP contribution is 2.38. The smallest absolute Gasteiger partial charge is 0.130 e. The number of hydrogen-bond acceptors (Lipinski definition) is 2. The summed E-state index contributed by atoms with van der Waals surface area (Å²) in [5.74, 6) is 1.20. The molecule has 1 aromatic carbocycles. The van der Waals surface area contributed by atoms with Gasteiger partial charge in [-0.3, -0.25) is 0 Å². The molecule has 1 heterocycles. The minimum absolute atomic E-state index is 0.333. The molecule has 0 aliphatic heterocycles. The van der Waals surface area contributed by atoms with Crippen molar-refractivity contribution in [1.82, 2.24) is 4.98 Å². The summed E-state index contributed by atoms with van der Waals surface area (Å²) >= 11 is 18.6. The number of halogens is 3. The van der Waals surface area contributed by atoms with Crippen molar-refractivity contribution in [2.24, 2.45) is 0 Å². The number of aromatic nitrogens is 1. The van der Waals surface area contributed by atoms with Crippen LogP contribution in [-0.4, -0.2) is 11.5 Å². The molecule has 2 rings (SSSR count). The topological polar surface area (TPSA) is 24.9 Å². The van der Waals surface area contributed by atoms with E-state index < -0.39 is 0 Å². The molecule has 0 amide bonds. The summed E-state index contributed by atoms with van der Waals surface area (Å²) in [5.41, 5.74) is 1.80. The van der Waals surface area contributed by atoms with Crippen molar-refractivity contribution in [1.29, 1.82) is 0 Å². The predicted octanol–water partition coefficient (Wildman–Crippen LogP) is 6.14. The molecule has 1 aromatic heterocycles. The van der Waals surface area contributed by atoms with Gasteiger partial charge in [0.2, 0.25) is 0 Å². The highest BCUT2D eigenvalue weighted by molar-refractivity contribution is 6.47. The van der Waals surface area contributed by atoms with Crippen LogP contribution < -0.4 is 5.32 Å². The van der Waals surface area contributed by atoms with Crippen LogP contribution in [0, 0.1) is 0 Å². The molecule has 0 atom stereocenters. The van der Waals surface area contributed by atoms with Gasteiger partial charge < -0.3 is 5.32 Å². The Hall–Kier alpha value is -0.700. The van der Waals surface area contributed by atoms with Gasteiger partial charge >= 0.3 is 0 Å². The van der Waals surface area contributed by atoms with Crippen LogP contribution >= 0.6 is 34.8 Å². The minimum Gasteiger partial charge on any atom is -0.370 e. The first-order chi connectivity index (χ1) is 9.45. The van der Waals surface area contributed by atoms with E-state index in [-0.39, 0.29) is 0 Å². The first-order valence-corrected chi connectivity index (χ1v) is 7.81. The minimum atomic E-state index is 0.333. The van der Waals surface area contributed by atoms with Crippen LogP contribution in [0.2, 0.25) is 15.1 Å². The maximum atomic E-state index is 6.28. The van der Waals surface area contributed by atoms with Crippen molar-refractivity contribution in [3.8, 4) is 0 Å². The first-order valence-electron chi connectivity index (χ1n) is 6.67. The quantitative estimate of drug-likeness (QED) is 0.681. The molecule has 0 radical (unpaired) electrons. The molecular weight excluding hydrogens is 315 g/mol. The number of benzene rings is 1. The maximum Gasteiger partial charge on any atom is 0.130 e. The molecule has 108 valence electrons. The Kier molecular flexibility index (Phi) is 5.00. The highest BCUT2D eigenvalue weighted by atomic mass is 35.5. The van der Waals surface area contributed by atoms with Crippen molar-refractivity contribution in [2.45, 2.75) is 33.1 Å². The Morgan fingerprint density at radius 1 is 1.15 bits per heavy atom. The lowest BCUT2D eigenvalue weighted by molar-refractivity contribution is 0.856. The Morgan fingerprint density at radius 3 is 2.45 bits per heavy atom. The number of rotatable bonds is 4. The largest absolute Gasteiger partial charge is 0.370 e. The molecule has 0 saturated heterocycles. The lowest BCUT2D eigenvalue weighted by atomic mass is 10.0. The van der Waals surface area contributed by atoms with Gasteiger partial charge in [0.1, 0.15) is 5.82 Å². The van der Waals surface area contributed by atoms with E-state index in [2.05, 4.69) is 31.1 Å². The summed E-state index contributed by atoms with van der Waals surface area (Å²) in [4.78, 5) is 4.65. The van der Waals surface area contributed by atoms with Crippen molar-refractivity contribution < 1.29 is 0 Å². The van der Waals surface area contributed by atoms with E-state index in [9.17, 15) is 0 Å². The van der Waals surface area contributed by atoms with Gasteiger partial charge in [-0.2, -0.15) is 0 Å². The van der Waals surface area contributed by atoms with Crippen LogP contribution in [0.25, 0.3) is 10.9 Å². The number of nitrogens with zero attached hydrogens (tertiary/aromatic N) is 1. The van der Waals surface area contributed by atoms with E-state index in [0.29, 0.717) is 26.5 Å². The van der Waals surface area contributed by atoms with Gasteiger partial charge in [-0.15, -0.1) is 0 Å². The van der Waals surface area contributed by atoms with E-state index in [4.69, 9.17) is 34.8 Å². The standard InChI is InChI=1S/C15H17Cl3N2/c1-4-5-19-15-9(8(2)3)6-10-13(18)11(16)7-12(17)14(10)20-15/h6-8H,4-5H2,1-3H3,(H,19,20). The SMILES string of the molecule is CCCNc1nc2c(Cl)cc(Cl)c(Cl)c2cc1C(C)C. The molecule has 0 bridgehead atoms. The highest BCUT2D eigenvalue weighted by Gasteiger charge is 2.15. The second-order valence-corrected chi connectivity index (χ2v) is 6.25. The summed E-state index contributed by atoms with van der Waals surface area (Å²) in [6, 6.07) is 3.67. The van der Waals surface area contributed by atoms with Crippen LogP contribution in [0.4, 0.5) is 5.82 Å². The molecule has 0 fully saturated rings. The van der Waals surface area contributed by atoms with Crippen molar-refractivity contribution in [2.75, 3.05) is 11.9 Å². The monoisotopic (exact) mass is 330 g/mol. The third-order valence-electron chi connectivity index (χ3n) is 3.14. The predicted molar refractivity (Wildman–Crippen MR) is 89.6 cm³/mol. The van der Waals surface area contributed by atoms with Crippen molar-refractivity contribution >= 4 is 51.5 Å². The normalized spacial score (nSPS) is 11.3. The summed E-state index contributed by atoms with van der Waals surface area (Å²) in [6.45, 7) is 7.24. The molecule has 0 aliphatic rings. The Labute approximate surface area is 134 Å². The molecule has 2 aromatic rings. The zero-order valence-corrected chi connectivity index (χ0v) is 14.0. The molecule has 1 N–H and O–H groups in total. The van der Waals surface area contributed by atoms with Gasteiger partial charge in [0, 0.05) is 11.9 Å². The first kappa shape index (κ1) is 15.7. The van der Waals surface area contributed by atoms with Gasteiger partial charge in [-0.05, 0) is 30.0 Å². The lowest BCUT2D eigenvalue weighted by Crippen LogP contribution is -2.07. The van der Waals surface area contributed by atoms with Crippen LogP contribution in [-0.2, 0) is 0 Å². The van der Waals surface area contributed by atoms with Crippen LogP contribution in [0.15, 0.2) is 12.1 Å². The number of hydrogen-bond donors (Lipinski definition) is 1. The average molecular weight is 332 g/mol. The number of anilines is 1. The Morgan fingerprint density at radius 2 is 1.85 bits per heavy atom. The summed E-state index contributed by atoms with van der Waals surface area (Å²) in [7, 11) is 0. The summed E-state index contributed by atoms with van der Waals surface area (Å²) < 4.78 is 0. The van der Waals surface area contributed by atoms with Gasteiger partial charge in [-0.1, -0.05) is 55.6 Å². The van der Waals surface area contributed by atoms with E-state index in [0.717, 1.165) is 29.7 Å². The van der Waals surface area contributed by atoms with Crippen LogP contribution in [0.1, 0.15) is 38.7 Å². The molecule has 20 heavy (non-hydrogen) atoms. The van der Waals surface area contributed by atoms with Gasteiger partial charge in [0.05, 0.1) is 20.6 Å². The Bertz CT molecular complexity index is 639. The lowest BCUT2D eigenvalue weighted by Gasteiger charge is -2.16. The van der Waals surface area contributed by atoms with E-state index >= 15 is 0 Å². The zero-order chi connectivity index (χ0) is 14.9. The van der Waals surface area contributed by atoms with Crippen LogP contribution in [0.3, 0.4) is 0 Å². The fourth-order valence-electron chi connectivity index (χ4n) is 2.07. The van der Waals surface area contributed by atoms with Gasteiger partial charge in [-0.25, -0.2) is 4.98 Å². The molecule has 0 aliphatic carbocycles. The van der Waals surface area contributed by atoms with Crippen molar-refractivity contribution in [3.63, 3.8) is 0 Å². The fourth-order valence-corrected chi connectivity index (χ4v) is 2.79. The summed E-state index contributed by atoms with van der Waals surface area (Å²) in [5, 5.41) is 5.63. The second-order valence-electron chi connectivity index (χ2n) is 5.06. The van der Waals surface area contributed by atoms with Gasteiger partial charge in [0.15, 0.2) is 0 Å². The third kappa shape index (κ3) is 2.98. The summed E-state index contributed by atoms with van der Waals surface area (Å²) in [6.07, 6.45) is 1.03. The van der Waals surface area contributed by atoms with E-state index in [1.54, 1.807) is 6.07 Å². The van der Waals surface area contributed by atoms with Crippen LogP contribution in [0.5, 0.6) is 0 Å². The molecule has 2 nitrogen and oxygen atoms in total. The molecule has 0 spiro atoms. The second kappa shape index (κ2) is 6.38. The Balaban J connectivity index is 2.71. The molecule has 0 unspecified atom stereocenters. The maximum absolute atomic E-state index is 6.28.